The van der Waals surface area contributed by atoms with Gasteiger partial charge in [0.2, 0.25) is 5.91 Å². The summed E-state index contributed by atoms with van der Waals surface area (Å²) in [6.07, 6.45) is 6.81. The van der Waals surface area contributed by atoms with Crippen molar-refractivity contribution in [1.29, 1.82) is 0 Å². The minimum absolute atomic E-state index is 0.0570. The molecular formula is C27H33N3O2S. The van der Waals surface area contributed by atoms with Crippen LogP contribution in [-0.2, 0) is 11.3 Å². The molecule has 1 unspecified atom stereocenters. The van der Waals surface area contributed by atoms with Crippen molar-refractivity contribution in [3.05, 3.63) is 53.0 Å². The van der Waals surface area contributed by atoms with Gasteiger partial charge in [-0.25, -0.2) is 0 Å². The highest BCUT2D eigenvalue weighted by Crippen LogP contribution is 2.37. The fraction of sp³-hybridized carbons (Fsp3) is 0.481. The van der Waals surface area contributed by atoms with Gasteiger partial charge in [0, 0.05) is 11.7 Å². The van der Waals surface area contributed by atoms with Crippen molar-refractivity contribution in [3.8, 4) is 0 Å². The summed E-state index contributed by atoms with van der Waals surface area (Å²) in [7, 11) is 0. The molecule has 3 heterocycles. The maximum Gasteiger partial charge on any atom is 0.275 e. The zero-order valence-corrected chi connectivity index (χ0v) is 20.6. The largest absolute Gasteiger partial charge is 0.351 e. The van der Waals surface area contributed by atoms with Crippen molar-refractivity contribution in [3.63, 3.8) is 0 Å². The molecule has 1 fully saturated rings. The van der Waals surface area contributed by atoms with Crippen molar-refractivity contribution in [2.24, 2.45) is 0 Å². The Balaban J connectivity index is 1.56. The van der Waals surface area contributed by atoms with E-state index in [1.54, 1.807) is 16.2 Å². The molecule has 174 valence electrons. The first-order chi connectivity index (χ1) is 15.9. The second-order valence-electron chi connectivity index (χ2n) is 10.1. The van der Waals surface area contributed by atoms with Gasteiger partial charge in [-0.3, -0.25) is 14.5 Å². The van der Waals surface area contributed by atoms with Gasteiger partial charge >= 0.3 is 0 Å². The Labute approximate surface area is 199 Å². The van der Waals surface area contributed by atoms with Gasteiger partial charge in [-0.2, -0.15) is 0 Å². The van der Waals surface area contributed by atoms with Gasteiger partial charge in [-0.1, -0.05) is 51.7 Å². The monoisotopic (exact) mass is 463 g/mol. The van der Waals surface area contributed by atoms with Crippen molar-refractivity contribution in [2.75, 3.05) is 4.90 Å². The number of nitrogens with zero attached hydrogens (tertiary/aromatic N) is 2. The molecule has 3 aromatic rings. The molecule has 1 N–H and O–H groups in total. The Morgan fingerprint density at radius 1 is 1.09 bits per heavy atom. The number of thiophene rings is 1. The van der Waals surface area contributed by atoms with Gasteiger partial charge in [0.15, 0.2) is 0 Å². The normalized spacial score (nSPS) is 21.9. The van der Waals surface area contributed by atoms with Crippen LogP contribution in [0.15, 0.2) is 41.8 Å². The number of hydrogen-bond acceptors (Lipinski definition) is 3. The fourth-order valence-corrected chi connectivity index (χ4v) is 6.21. The van der Waals surface area contributed by atoms with Crippen LogP contribution in [0.3, 0.4) is 0 Å². The average molecular weight is 464 g/mol. The molecule has 0 saturated heterocycles. The first kappa shape index (κ1) is 22.2. The fourth-order valence-electron chi connectivity index (χ4n) is 5.39. The van der Waals surface area contributed by atoms with Crippen LogP contribution < -0.4 is 10.2 Å². The van der Waals surface area contributed by atoms with E-state index in [9.17, 15) is 9.59 Å². The van der Waals surface area contributed by atoms with Gasteiger partial charge in [-0.15, -0.1) is 11.3 Å². The summed E-state index contributed by atoms with van der Waals surface area (Å²) in [4.78, 5) is 29.5. The predicted octanol–water partition coefficient (Wildman–Crippen LogP) is 6.08. The molecule has 0 spiro atoms. The number of amides is 2. The summed E-state index contributed by atoms with van der Waals surface area (Å²) in [5.41, 5.74) is 2.68. The van der Waals surface area contributed by atoms with E-state index in [4.69, 9.17) is 0 Å². The van der Waals surface area contributed by atoms with Crippen LogP contribution in [0, 0.1) is 0 Å². The summed E-state index contributed by atoms with van der Waals surface area (Å²) < 4.78 is 3.13. The quantitative estimate of drug-likeness (QED) is 0.477. The summed E-state index contributed by atoms with van der Waals surface area (Å²) in [5.74, 6) is 0.240. The minimum Gasteiger partial charge on any atom is -0.351 e. The molecule has 6 heteroatoms. The molecule has 1 atom stereocenters. The predicted molar refractivity (Wildman–Crippen MR) is 135 cm³/mol. The first-order valence-corrected chi connectivity index (χ1v) is 13.1. The molecule has 1 aliphatic carbocycles. The molecule has 1 saturated carbocycles. The lowest BCUT2D eigenvalue weighted by Gasteiger charge is -2.44. The Morgan fingerprint density at radius 3 is 2.45 bits per heavy atom. The average Bonchev–Trinajstić information content (AvgIpc) is 3.29. The molecule has 2 aromatic heterocycles. The van der Waals surface area contributed by atoms with E-state index < -0.39 is 5.54 Å². The lowest BCUT2D eigenvalue weighted by atomic mass is 9.92. The third-order valence-corrected chi connectivity index (χ3v) is 8.26. The molecular weight excluding hydrogens is 430 g/mol. The van der Waals surface area contributed by atoms with Crippen LogP contribution in [0.1, 0.15) is 81.3 Å². The number of aromatic nitrogens is 1. The van der Waals surface area contributed by atoms with Crippen LogP contribution in [0.2, 0.25) is 0 Å². The second kappa shape index (κ2) is 8.64. The zero-order chi connectivity index (χ0) is 23.2. The second-order valence-corrected chi connectivity index (χ2v) is 11.1. The van der Waals surface area contributed by atoms with E-state index >= 15 is 0 Å². The van der Waals surface area contributed by atoms with E-state index in [1.165, 1.54) is 18.4 Å². The van der Waals surface area contributed by atoms with Crippen LogP contribution in [0.25, 0.3) is 10.2 Å². The van der Waals surface area contributed by atoms with Crippen molar-refractivity contribution < 1.29 is 9.59 Å². The number of hydrogen-bond donors (Lipinski definition) is 1. The Morgan fingerprint density at radius 2 is 1.79 bits per heavy atom. The lowest BCUT2D eigenvalue weighted by molar-refractivity contribution is -0.127. The standard InChI is InChI=1S/C27H33N3O2S/c1-18(2)19-10-12-21(13-11-19)30-25(31)23-16-24-22(14-15-33-24)29(23)17-27(30,3)26(32)28-20-8-6-4-5-7-9-20/h10-16,18,20H,4-9,17H2,1-3H3,(H,28,32). The van der Waals surface area contributed by atoms with E-state index in [0.29, 0.717) is 18.2 Å². The van der Waals surface area contributed by atoms with E-state index in [0.717, 1.165) is 41.6 Å². The van der Waals surface area contributed by atoms with E-state index in [2.05, 4.69) is 31.3 Å². The molecule has 2 aliphatic rings. The smallest absolute Gasteiger partial charge is 0.275 e. The van der Waals surface area contributed by atoms with Crippen LogP contribution in [-0.4, -0.2) is 28.0 Å². The number of fused-ring (bicyclic) bond motifs is 3. The molecule has 5 nitrogen and oxygen atoms in total. The van der Waals surface area contributed by atoms with Gasteiger partial charge in [0.25, 0.3) is 5.91 Å². The van der Waals surface area contributed by atoms with Crippen molar-refractivity contribution >= 4 is 39.1 Å². The number of nitrogens with one attached hydrogen (secondary N) is 1. The number of anilines is 1. The summed E-state index contributed by atoms with van der Waals surface area (Å²) in [5, 5.41) is 5.38. The van der Waals surface area contributed by atoms with Gasteiger partial charge in [0.1, 0.15) is 11.2 Å². The van der Waals surface area contributed by atoms with Crippen molar-refractivity contribution in [2.45, 2.75) is 83.3 Å². The maximum absolute atomic E-state index is 13.9. The highest BCUT2D eigenvalue weighted by Gasteiger charge is 2.49. The SMILES string of the molecule is CC(C)c1ccc(N2C(=O)c3cc4sccc4n3CC2(C)C(=O)NC2CCCCCC2)cc1. The van der Waals surface area contributed by atoms with Crippen LogP contribution in [0.4, 0.5) is 5.69 Å². The minimum atomic E-state index is -1.01. The lowest BCUT2D eigenvalue weighted by Crippen LogP contribution is -2.65. The van der Waals surface area contributed by atoms with Gasteiger partial charge < -0.3 is 9.88 Å². The summed E-state index contributed by atoms with van der Waals surface area (Å²) in [6, 6.07) is 12.3. The number of benzene rings is 1. The highest BCUT2D eigenvalue weighted by molar-refractivity contribution is 7.17. The molecule has 33 heavy (non-hydrogen) atoms. The number of carbonyl (C=O) groups is 2. The first-order valence-electron chi connectivity index (χ1n) is 12.2. The number of carbonyl (C=O) groups excluding carboxylic acids is 2. The number of rotatable bonds is 4. The topological polar surface area (TPSA) is 54.3 Å². The molecule has 2 amide bonds. The molecule has 5 rings (SSSR count). The van der Waals surface area contributed by atoms with E-state index in [-0.39, 0.29) is 17.9 Å². The van der Waals surface area contributed by atoms with Crippen LogP contribution >= 0.6 is 11.3 Å². The molecule has 1 aromatic carbocycles. The van der Waals surface area contributed by atoms with Crippen molar-refractivity contribution in [1.82, 2.24) is 9.88 Å². The van der Waals surface area contributed by atoms with Gasteiger partial charge in [0.05, 0.1) is 16.8 Å². The van der Waals surface area contributed by atoms with Crippen LogP contribution in [0.5, 0.6) is 0 Å². The van der Waals surface area contributed by atoms with Gasteiger partial charge in [-0.05, 0) is 60.9 Å². The highest BCUT2D eigenvalue weighted by atomic mass is 32.1. The molecule has 0 bridgehead atoms. The maximum atomic E-state index is 13.9. The van der Waals surface area contributed by atoms with E-state index in [1.807, 2.05) is 41.1 Å². The Kier molecular flexibility index (Phi) is 5.81. The third-order valence-electron chi connectivity index (χ3n) is 7.40. The Bertz CT molecular complexity index is 1170. The Hall–Kier alpha value is -2.60. The third kappa shape index (κ3) is 3.88. The summed E-state index contributed by atoms with van der Waals surface area (Å²) in [6.45, 7) is 6.68. The molecule has 1 aliphatic heterocycles. The zero-order valence-electron chi connectivity index (χ0n) is 19.8. The molecule has 0 radical (unpaired) electrons. The summed E-state index contributed by atoms with van der Waals surface area (Å²) >= 11 is 1.63.